The van der Waals surface area contributed by atoms with Gasteiger partial charge < -0.3 is 5.32 Å². The molecule has 4 nitrogen and oxygen atoms in total. The highest BCUT2D eigenvalue weighted by Crippen LogP contribution is 2.08. The number of carbonyl (C=O) groups is 1. The Balaban J connectivity index is 1.48. The minimum atomic E-state index is -0.265. The SMILES string of the molecule is O=C(CCc1ccc(F)cc1)NCc1cnn(-c2ccccc2)c1. The Kier molecular flexibility index (Phi) is 5.01. The van der Waals surface area contributed by atoms with Crippen LogP contribution in [0.15, 0.2) is 67.0 Å². The highest BCUT2D eigenvalue weighted by Gasteiger charge is 2.05. The molecule has 0 fully saturated rings. The summed E-state index contributed by atoms with van der Waals surface area (Å²) in [6.45, 7) is 0.440. The van der Waals surface area contributed by atoms with Crippen LogP contribution in [0.5, 0.6) is 0 Å². The first kappa shape index (κ1) is 15.9. The highest BCUT2D eigenvalue weighted by atomic mass is 19.1. The summed E-state index contributed by atoms with van der Waals surface area (Å²) in [4.78, 5) is 11.9. The van der Waals surface area contributed by atoms with E-state index >= 15 is 0 Å². The molecule has 3 rings (SSSR count). The fraction of sp³-hybridized carbons (Fsp3) is 0.158. The number of rotatable bonds is 6. The first-order valence-electron chi connectivity index (χ1n) is 7.81. The largest absolute Gasteiger partial charge is 0.352 e. The molecule has 3 aromatic rings. The van der Waals surface area contributed by atoms with Crippen molar-refractivity contribution in [3.05, 3.63) is 83.9 Å². The van der Waals surface area contributed by atoms with Crippen molar-refractivity contribution in [2.24, 2.45) is 0 Å². The zero-order valence-electron chi connectivity index (χ0n) is 13.2. The zero-order valence-corrected chi connectivity index (χ0v) is 13.2. The summed E-state index contributed by atoms with van der Waals surface area (Å²) in [5, 5.41) is 7.18. The molecule has 122 valence electrons. The molecule has 5 heteroatoms. The third-order valence-electron chi connectivity index (χ3n) is 3.70. The number of amides is 1. The third kappa shape index (κ3) is 4.29. The fourth-order valence-electron chi connectivity index (χ4n) is 2.37. The second-order valence-corrected chi connectivity index (χ2v) is 5.53. The number of aryl methyl sites for hydroxylation is 1. The Morgan fingerprint density at radius 3 is 2.54 bits per heavy atom. The summed E-state index contributed by atoms with van der Waals surface area (Å²) in [6.07, 6.45) is 4.61. The van der Waals surface area contributed by atoms with Gasteiger partial charge in [-0.2, -0.15) is 5.10 Å². The van der Waals surface area contributed by atoms with E-state index in [1.807, 2.05) is 36.5 Å². The van der Waals surface area contributed by atoms with Crippen molar-refractivity contribution in [3.63, 3.8) is 0 Å². The van der Waals surface area contributed by atoms with Crippen molar-refractivity contribution in [2.75, 3.05) is 0 Å². The van der Waals surface area contributed by atoms with Crippen LogP contribution in [0.1, 0.15) is 17.5 Å². The van der Waals surface area contributed by atoms with Gasteiger partial charge in [-0.15, -0.1) is 0 Å². The molecule has 24 heavy (non-hydrogen) atoms. The molecule has 0 bridgehead atoms. The molecule has 0 radical (unpaired) electrons. The van der Waals surface area contributed by atoms with Crippen LogP contribution in [0, 0.1) is 5.82 Å². The summed E-state index contributed by atoms with van der Waals surface area (Å²) in [5.74, 6) is -0.301. The number of para-hydroxylation sites is 1. The first-order chi connectivity index (χ1) is 11.7. The van der Waals surface area contributed by atoms with Crippen molar-refractivity contribution in [1.82, 2.24) is 15.1 Å². The van der Waals surface area contributed by atoms with Gasteiger partial charge in [-0.25, -0.2) is 9.07 Å². The molecule has 2 aromatic carbocycles. The number of nitrogens with one attached hydrogen (secondary N) is 1. The monoisotopic (exact) mass is 323 g/mol. The second-order valence-electron chi connectivity index (χ2n) is 5.53. The molecule has 1 amide bonds. The molecule has 0 saturated heterocycles. The molecule has 0 aliphatic carbocycles. The Morgan fingerprint density at radius 1 is 1.04 bits per heavy atom. The van der Waals surface area contributed by atoms with Crippen LogP contribution in [-0.4, -0.2) is 15.7 Å². The molecule has 1 N–H and O–H groups in total. The van der Waals surface area contributed by atoms with E-state index < -0.39 is 0 Å². The lowest BCUT2D eigenvalue weighted by molar-refractivity contribution is -0.121. The summed E-state index contributed by atoms with van der Waals surface area (Å²) in [7, 11) is 0. The van der Waals surface area contributed by atoms with Gasteiger partial charge in [0.05, 0.1) is 11.9 Å². The van der Waals surface area contributed by atoms with Gasteiger partial charge in [0.2, 0.25) is 5.91 Å². The van der Waals surface area contributed by atoms with E-state index in [2.05, 4.69) is 10.4 Å². The summed E-state index contributed by atoms with van der Waals surface area (Å²) in [6, 6.07) is 16.0. The van der Waals surface area contributed by atoms with Gasteiger partial charge in [0.25, 0.3) is 0 Å². The van der Waals surface area contributed by atoms with Crippen molar-refractivity contribution in [2.45, 2.75) is 19.4 Å². The van der Waals surface area contributed by atoms with Crippen molar-refractivity contribution >= 4 is 5.91 Å². The molecule has 1 aromatic heterocycles. The summed E-state index contributed by atoms with van der Waals surface area (Å²) < 4.78 is 14.6. The maximum Gasteiger partial charge on any atom is 0.220 e. The van der Waals surface area contributed by atoms with E-state index in [0.717, 1.165) is 16.8 Å². The zero-order chi connectivity index (χ0) is 16.8. The molecule has 0 aliphatic heterocycles. The predicted molar refractivity (Wildman–Crippen MR) is 90.1 cm³/mol. The number of aromatic nitrogens is 2. The number of carbonyl (C=O) groups excluding carboxylic acids is 1. The molecular weight excluding hydrogens is 305 g/mol. The van der Waals surface area contributed by atoms with Crippen LogP contribution < -0.4 is 5.32 Å². The minimum absolute atomic E-state index is 0.0354. The average molecular weight is 323 g/mol. The number of halogens is 1. The lowest BCUT2D eigenvalue weighted by Crippen LogP contribution is -2.22. The van der Waals surface area contributed by atoms with Crippen molar-refractivity contribution in [3.8, 4) is 5.69 Å². The minimum Gasteiger partial charge on any atom is -0.352 e. The molecule has 0 aliphatic rings. The van der Waals surface area contributed by atoms with E-state index in [1.54, 1.807) is 23.0 Å². The van der Waals surface area contributed by atoms with Crippen molar-refractivity contribution < 1.29 is 9.18 Å². The van der Waals surface area contributed by atoms with Crippen LogP contribution in [0.25, 0.3) is 5.69 Å². The molecule has 1 heterocycles. The number of benzene rings is 2. The van der Waals surface area contributed by atoms with Gasteiger partial charge >= 0.3 is 0 Å². The van der Waals surface area contributed by atoms with Crippen LogP contribution in [0.4, 0.5) is 4.39 Å². The maximum absolute atomic E-state index is 12.8. The quantitative estimate of drug-likeness (QED) is 0.757. The van der Waals surface area contributed by atoms with E-state index in [0.29, 0.717) is 19.4 Å². The number of nitrogens with zero attached hydrogens (tertiary/aromatic N) is 2. The summed E-state index contributed by atoms with van der Waals surface area (Å²) >= 11 is 0. The van der Waals surface area contributed by atoms with Crippen LogP contribution in [0.2, 0.25) is 0 Å². The Labute approximate surface area is 139 Å². The van der Waals surface area contributed by atoms with Gasteiger partial charge in [0, 0.05) is 24.7 Å². The van der Waals surface area contributed by atoms with E-state index in [-0.39, 0.29) is 11.7 Å². The highest BCUT2D eigenvalue weighted by molar-refractivity contribution is 5.76. The molecule has 0 saturated carbocycles. The standard InChI is InChI=1S/C19H18FN3O/c20-17-9-6-15(7-10-17)8-11-19(24)21-12-16-13-22-23(14-16)18-4-2-1-3-5-18/h1-7,9-10,13-14H,8,11-12H2,(H,21,24). The second kappa shape index (κ2) is 7.55. The van der Waals surface area contributed by atoms with Gasteiger partial charge in [-0.1, -0.05) is 30.3 Å². The Hall–Kier alpha value is -2.95. The van der Waals surface area contributed by atoms with E-state index in [4.69, 9.17) is 0 Å². The van der Waals surface area contributed by atoms with E-state index in [1.165, 1.54) is 12.1 Å². The molecular formula is C19H18FN3O. The van der Waals surface area contributed by atoms with Gasteiger partial charge in [0.1, 0.15) is 5.82 Å². The summed E-state index contributed by atoms with van der Waals surface area (Å²) in [5.41, 5.74) is 2.86. The lowest BCUT2D eigenvalue weighted by Gasteiger charge is -2.04. The topological polar surface area (TPSA) is 46.9 Å². The van der Waals surface area contributed by atoms with Gasteiger partial charge in [0.15, 0.2) is 0 Å². The molecule has 0 spiro atoms. The van der Waals surface area contributed by atoms with Gasteiger partial charge in [-0.05, 0) is 36.2 Å². The first-order valence-corrected chi connectivity index (χ1v) is 7.81. The fourth-order valence-corrected chi connectivity index (χ4v) is 2.37. The Bertz CT molecular complexity index is 797. The smallest absolute Gasteiger partial charge is 0.220 e. The third-order valence-corrected chi connectivity index (χ3v) is 3.70. The van der Waals surface area contributed by atoms with Gasteiger partial charge in [-0.3, -0.25) is 4.79 Å². The van der Waals surface area contributed by atoms with Crippen molar-refractivity contribution in [1.29, 1.82) is 0 Å². The molecule has 0 unspecified atom stereocenters. The van der Waals surface area contributed by atoms with E-state index in [9.17, 15) is 9.18 Å². The lowest BCUT2D eigenvalue weighted by atomic mass is 10.1. The maximum atomic E-state index is 12.8. The van der Waals surface area contributed by atoms with Crippen LogP contribution in [-0.2, 0) is 17.8 Å². The normalized spacial score (nSPS) is 10.5. The Morgan fingerprint density at radius 2 is 1.79 bits per heavy atom. The number of hydrogen-bond acceptors (Lipinski definition) is 2. The molecule has 0 atom stereocenters. The van der Waals surface area contributed by atoms with Crippen LogP contribution in [0.3, 0.4) is 0 Å². The predicted octanol–water partition coefficient (Wildman–Crippen LogP) is 3.26. The number of hydrogen-bond donors (Lipinski definition) is 1. The average Bonchev–Trinajstić information content (AvgIpc) is 3.09. The van der Waals surface area contributed by atoms with Crippen LogP contribution >= 0.6 is 0 Å².